The molecule has 2 atom stereocenters. The predicted octanol–water partition coefficient (Wildman–Crippen LogP) is 5.61. The van der Waals surface area contributed by atoms with E-state index in [0.717, 1.165) is 44.3 Å². The largest absolute Gasteiger partial charge is 0.284 e. The van der Waals surface area contributed by atoms with Gasteiger partial charge in [-0.2, -0.15) is 10.4 Å². The summed E-state index contributed by atoms with van der Waals surface area (Å²) in [7, 11) is 0. The van der Waals surface area contributed by atoms with Crippen LogP contribution in [0.2, 0.25) is 15.1 Å². The average Bonchev–Trinajstić information content (AvgIpc) is 2.96. The van der Waals surface area contributed by atoms with Crippen LogP contribution in [0.3, 0.4) is 0 Å². The van der Waals surface area contributed by atoms with E-state index in [2.05, 4.69) is 16.6 Å². The van der Waals surface area contributed by atoms with Crippen LogP contribution < -0.4 is 10.4 Å². The second-order valence-corrected chi connectivity index (χ2v) is 9.15. The van der Waals surface area contributed by atoms with E-state index >= 15 is 0 Å². The molecule has 0 aliphatic carbocycles. The third kappa shape index (κ3) is 4.87. The molecule has 0 unspecified atom stereocenters. The summed E-state index contributed by atoms with van der Waals surface area (Å²) < 4.78 is 0. The van der Waals surface area contributed by atoms with Gasteiger partial charge in [-0.1, -0.05) is 59.8 Å². The minimum atomic E-state index is -0.796. The Labute approximate surface area is 202 Å². The molecule has 2 aliphatic rings. The van der Waals surface area contributed by atoms with Crippen LogP contribution in [-0.2, 0) is 4.79 Å². The Kier molecular flexibility index (Phi) is 7.22. The molecule has 4 rings (SSSR count). The number of nitrogens with one attached hydrogen (secondary N) is 1. The van der Waals surface area contributed by atoms with E-state index in [9.17, 15) is 10.1 Å². The van der Waals surface area contributed by atoms with Crippen LogP contribution >= 0.6 is 34.8 Å². The maximum absolute atomic E-state index is 13.2. The second-order valence-electron chi connectivity index (χ2n) is 7.87. The third-order valence-corrected chi connectivity index (χ3v) is 6.48. The molecule has 0 spiro atoms. The number of hydrazone groups is 1. The Balaban J connectivity index is 1.71. The van der Waals surface area contributed by atoms with Gasteiger partial charge in [0.2, 0.25) is 0 Å². The number of rotatable bonds is 4. The van der Waals surface area contributed by atoms with E-state index in [1.165, 1.54) is 0 Å². The van der Waals surface area contributed by atoms with Gasteiger partial charge in [-0.05, 0) is 48.7 Å². The van der Waals surface area contributed by atoms with Crippen LogP contribution in [0.4, 0.5) is 5.69 Å². The molecule has 32 heavy (non-hydrogen) atoms. The molecular formula is C23H22Cl3N5O. The van der Waals surface area contributed by atoms with Crippen LogP contribution in [0.5, 0.6) is 0 Å². The van der Waals surface area contributed by atoms with Gasteiger partial charge in [0.05, 0.1) is 22.8 Å². The van der Waals surface area contributed by atoms with Gasteiger partial charge in [0.1, 0.15) is 11.6 Å². The van der Waals surface area contributed by atoms with E-state index in [1.807, 2.05) is 17.1 Å². The number of hydrogen-bond donors (Lipinski definition) is 1. The number of anilines is 1. The maximum atomic E-state index is 13.2. The summed E-state index contributed by atoms with van der Waals surface area (Å²) in [6.07, 6.45) is 4.34. The SMILES string of the molecule is N#C[C@H]1C(C(=O)NN2CCCCCC2)=NN(c2ccc(Cl)cc2Cl)[C@@H]1c1ccc(Cl)cc1. The highest BCUT2D eigenvalue weighted by Crippen LogP contribution is 2.42. The molecule has 2 aliphatic heterocycles. The highest BCUT2D eigenvalue weighted by molar-refractivity contribution is 6.41. The Bertz CT molecular complexity index is 1060. The molecule has 2 aromatic rings. The molecule has 1 fully saturated rings. The lowest BCUT2D eigenvalue weighted by Gasteiger charge is -2.26. The molecule has 0 bridgehead atoms. The first-order valence-electron chi connectivity index (χ1n) is 10.5. The summed E-state index contributed by atoms with van der Waals surface area (Å²) in [5.41, 5.74) is 4.47. The number of carbonyl (C=O) groups is 1. The summed E-state index contributed by atoms with van der Waals surface area (Å²) in [4.78, 5) is 13.2. The van der Waals surface area contributed by atoms with Crippen molar-refractivity contribution in [1.82, 2.24) is 10.4 Å². The number of hydrazine groups is 1. The zero-order valence-corrected chi connectivity index (χ0v) is 19.5. The van der Waals surface area contributed by atoms with Crippen LogP contribution in [-0.4, -0.2) is 29.7 Å². The number of carbonyl (C=O) groups excluding carboxylic acids is 1. The summed E-state index contributed by atoms with van der Waals surface area (Å²) in [6, 6.07) is 14.0. The summed E-state index contributed by atoms with van der Waals surface area (Å²) >= 11 is 18.6. The Morgan fingerprint density at radius 1 is 1.00 bits per heavy atom. The second kappa shape index (κ2) is 10.1. The molecular weight excluding hydrogens is 469 g/mol. The van der Waals surface area contributed by atoms with Crippen molar-refractivity contribution in [1.29, 1.82) is 5.26 Å². The smallest absolute Gasteiger partial charge is 0.283 e. The van der Waals surface area contributed by atoms with E-state index in [-0.39, 0.29) is 11.6 Å². The highest BCUT2D eigenvalue weighted by Gasteiger charge is 2.43. The number of amides is 1. The summed E-state index contributed by atoms with van der Waals surface area (Å²) in [6.45, 7) is 1.56. The Morgan fingerprint density at radius 3 is 2.28 bits per heavy atom. The molecule has 0 aromatic heterocycles. The quantitative estimate of drug-likeness (QED) is 0.604. The van der Waals surface area contributed by atoms with Crippen molar-refractivity contribution >= 4 is 52.1 Å². The van der Waals surface area contributed by atoms with Gasteiger partial charge in [-0.25, -0.2) is 5.01 Å². The number of nitriles is 1. The van der Waals surface area contributed by atoms with Gasteiger partial charge in [-0.15, -0.1) is 0 Å². The minimum absolute atomic E-state index is 0.155. The summed E-state index contributed by atoms with van der Waals surface area (Å²) in [5, 5.41) is 19.7. The zero-order valence-electron chi connectivity index (χ0n) is 17.3. The predicted molar refractivity (Wildman–Crippen MR) is 128 cm³/mol. The molecule has 1 saturated heterocycles. The average molecular weight is 491 g/mol. The van der Waals surface area contributed by atoms with Crippen LogP contribution in [0.1, 0.15) is 37.3 Å². The van der Waals surface area contributed by atoms with Crippen molar-refractivity contribution in [3.05, 3.63) is 63.1 Å². The van der Waals surface area contributed by atoms with E-state index < -0.39 is 12.0 Å². The molecule has 2 aromatic carbocycles. The highest BCUT2D eigenvalue weighted by atomic mass is 35.5. The molecule has 0 saturated carbocycles. The van der Waals surface area contributed by atoms with Crippen LogP contribution in [0.25, 0.3) is 0 Å². The number of halogens is 3. The lowest BCUT2D eigenvalue weighted by Crippen LogP contribution is -2.46. The maximum Gasteiger partial charge on any atom is 0.283 e. The molecule has 1 amide bonds. The molecule has 1 N–H and O–H groups in total. The van der Waals surface area contributed by atoms with Gasteiger partial charge in [-0.3, -0.25) is 15.2 Å². The van der Waals surface area contributed by atoms with Gasteiger partial charge in [0, 0.05) is 23.1 Å². The molecule has 6 nitrogen and oxygen atoms in total. The van der Waals surface area contributed by atoms with Crippen molar-refractivity contribution < 1.29 is 4.79 Å². The van der Waals surface area contributed by atoms with Gasteiger partial charge in [0.15, 0.2) is 0 Å². The van der Waals surface area contributed by atoms with Crippen molar-refractivity contribution in [2.75, 3.05) is 18.1 Å². The fourth-order valence-electron chi connectivity index (χ4n) is 4.10. The fraction of sp³-hybridized carbons (Fsp3) is 0.348. The number of nitrogens with zero attached hydrogens (tertiary/aromatic N) is 4. The lowest BCUT2D eigenvalue weighted by molar-refractivity contribution is -0.119. The minimum Gasteiger partial charge on any atom is -0.284 e. The van der Waals surface area contributed by atoms with E-state index in [1.54, 1.807) is 35.3 Å². The normalized spacial score (nSPS) is 21.6. The van der Waals surface area contributed by atoms with Crippen molar-refractivity contribution in [2.24, 2.45) is 11.0 Å². The first-order valence-corrected chi connectivity index (χ1v) is 11.6. The zero-order chi connectivity index (χ0) is 22.7. The van der Waals surface area contributed by atoms with Gasteiger partial charge < -0.3 is 0 Å². The fourth-order valence-corrected chi connectivity index (χ4v) is 4.72. The van der Waals surface area contributed by atoms with E-state index in [0.29, 0.717) is 20.8 Å². The van der Waals surface area contributed by atoms with E-state index in [4.69, 9.17) is 34.8 Å². The first kappa shape index (κ1) is 22.9. The topological polar surface area (TPSA) is 71.7 Å². The number of hydrogen-bond acceptors (Lipinski definition) is 5. The summed E-state index contributed by atoms with van der Waals surface area (Å²) in [5.74, 6) is -1.17. The van der Waals surface area contributed by atoms with Crippen LogP contribution in [0.15, 0.2) is 47.6 Å². The first-order chi connectivity index (χ1) is 15.5. The Morgan fingerprint density at radius 2 is 1.66 bits per heavy atom. The lowest BCUT2D eigenvalue weighted by atomic mass is 9.90. The molecule has 0 radical (unpaired) electrons. The molecule has 2 heterocycles. The molecule has 9 heteroatoms. The number of benzene rings is 2. The Hall–Kier alpha value is -2.30. The molecule has 166 valence electrons. The van der Waals surface area contributed by atoms with Crippen molar-refractivity contribution in [3.8, 4) is 6.07 Å². The van der Waals surface area contributed by atoms with Gasteiger partial charge in [0.25, 0.3) is 5.91 Å². The standard InChI is InChI=1S/C23H22Cl3N5O/c24-16-7-5-15(6-8-16)22-18(14-27)21(23(32)29-30-11-3-1-2-4-12-30)28-31(22)20-10-9-17(25)13-19(20)26/h5-10,13,18,22H,1-4,11-12H2,(H,29,32)/t18-,22+/m0/s1. The van der Waals surface area contributed by atoms with Gasteiger partial charge >= 0.3 is 0 Å². The monoisotopic (exact) mass is 489 g/mol. The van der Waals surface area contributed by atoms with Crippen molar-refractivity contribution in [3.63, 3.8) is 0 Å². The van der Waals surface area contributed by atoms with Crippen LogP contribution in [0, 0.1) is 17.2 Å². The van der Waals surface area contributed by atoms with Crippen molar-refractivity contribution in [2.45, 2.75) is 31.7 Å². The third-order valence-electron chi connectivity index (χ3n) is 5.69.